The summed E-state index contributed by atoms with van der Waals surface area (Å²) in [6.07, 6.45) is -1.35. The second-order valence-corrected chi connectivity index (χ2v) is 13.1. The number of nitrogens with zero attached hydrogens (tertiary/aromatic N) is 6. The SMILES string of the molecule is Nc1nc(=S)c2ncn([C@@H]3O[C@H](COP(O)(=S)OC[C@H]4O[C@@H](n5cnc6c(=S)nc(N)[nH]c65)C[C@H]4O)C[C@@H]3O)c2[nH]1. The normalized spacial score (nSPS) is 28.1. The molecule has 7 atom stereocenters. The lowest BCUT2D eigenvalue weighted by atomic mass is 10.2. The molecule has 0 radical (unpaired) electrons. The lowest BCUT2D eigenvalue weighted by molar-refractivity contribution is -0.0526. The van der Waals surface area contributed by atoms with E-state index < -0.39 is 43.6 Å². The van der Waals surface area contributed by atoms with E-state index in [2.05, 4.69) is 29.9 Å². The summed E-state index contributed by atoms with van der Waals surface area (Å²) >= 11 is 15.5. The number of rotatable bonds is 8. The van der Waals surface area contributed by atoms with Crippen molar-refractivity contribution in [1.82, 2.24) is 39.0 Å². The van der Waals surface area contributed by atoms with Crippen molar-refractivity contribution in [2.45, 2.75) is 49.7 Å². The fraction of sp³-hybridized carbons (Fsp3) is 0.500. The largest absolute Gasteiger partial charge is 0.390 e. The average Bonchev–Trinajstić information content (AvgIpc) is 3.67. The van der Waals surface area contributed by atoms with E-state index in [4.69, 9.17) is 66.2 Å². The van der Waals surface area contributed by atoms with E-state index in [1.807, 2.05) is 0 Å². The highest BCUT2D eigenvalue weighted by Crippen LogP contribution is 2.46. The first-order chi connectivity index (χ1) is 19.5. The second-order valence-electron chi connectivity index (χ2n) is 9.50. The minimum atomic E-state index is -3.75. The Hall–Kier alpha value is -2.49. The Balaban J connectivity index is 1.05. The minimum Gasteiger partial charge on any atom is -0.390 e. The number of fused-ring (bicyclic) bond motifs is 2. The van der Waals surface area contributed by atoms with Crippen molar-refractivity contribution in [3.05, 3.63) is 21.9 Å². The molecule has 0 aromatic carbocycles. The van der Waals surface area contributed by atoms with Crippen LogP contribution in [-0.4, -0.2) is 91.8 Å². The molecule has 9 N–H and O–H groups in total. The van der Waals surface area contributed by atoms with Gasteiger partial charge in [0.25, 0.3) is 0 Å². The van der Waals surface area contributed by atoms with Gasteiger partial charge < -0.3 is 55.1 Å². The van der Waals surface area contributed by atoms with Crippen LogP contribution in [0.25, 0.3) is 22.3 Å². The number of imidazole rings is 2. The molecule has 2 aliphatic heterocycles. The molecule has 2 fully saturated rings. The topological polar surface area (TPSA) is 243 Å². The average molecular weight is 645 g/mol. The number of aromatic amines is 2. The highest BCUT2D eigenvalue weighted by atomic mass is 32.5. The zero-order valence-electron chi connectivity index (χ0n) is 20.9. The Labute approximate surface area is 245 Å². The molecule has 0 saturated carbocycles. The monoisotopic (exact) mass is 644 g/mol. The summed E-state index contributed by atoms with van der Waals surface area (Å²) in [6.45, 7) is -4.14. The van der Waals surface area contributed by atoms with Crippen molar-refractivity contribution >= 4 is 77.2 Å². The van der Waals surface area contributed by atoms with Crippen LogP contribution >= 0.6 is 31.2 Å². The van der Waals surface area contributed by atoms with Gasteiger partial charge in [-0.3, -0.25) is 9.13 Å². The van der Waals surface area contributed by atoms with Crippen LogP contribution < -0.4 is 11.5 Å². The number of aliphatic hydroxyl groups excluding tert-OH is 2. The van der Waals surface area contributed by atoms with Gasteiger partial charge in [-0.15, -0.1) is 0 Å². The van der Waals surface area contributed by atoms with Gasteiger partial charge in [-0.2, -0.15) is 0 Å². The van der Waals surface area contributed by atoms with E-state index in [1.165, 1.54) is 12.7 Å². The first-order valence-electron chi connectivity index (χ1n) is 12.2. The maximum atomic E-state index is 10.6. The molecule has 4 aromatic heterocycles. The molecular formula is C20H25N10O7PS3. The summed E-state index contributed by atoms with van der Waals surface area (Å²) in [5.74, 6) is 0.219. The third-order valence-electron chi connectivity index (χ3n) is 6.71. The molecular weight excluding hydrogens is 619 g/mol. The van der Waals surface area contributed by atoms with Gasteiger partial charge >= 0.3 is 6.72 Å². The van der Waals surface area contributed by atoms with Crippen molar-refractivity contribution in [2.75, 3.05) is 24.7 Å². The molecule has 1 unspecified atom stereocenters. The Morgan fingerprint density at radius 3 is 2.17 bits per heavy atom. The Kier molecular flexibility index (Phi) is 7.66. The van der Waals surface area contributed by atoms with E-state index in [0.29, 0.717) is 22.3 Å². The summed E-state index contributed by atoms with van der Waals surface area (Å²) < 4.78 is 26.5. The zero-order valence-corrected chi connectivity index (χ0v) is 24.3. The second kappa shape index (κ2) is 11.0. The first-order valence-corrected chi connectivity index (χ1v) is 15.6. The molecule has 2 aliphatic rings. The van der Waals surface area contributed by atoms with Crippen LogP contribution in [0.15, 0.2) is 12.7 Å². The van der Waals surface area contributed by atoms with Gasteiger partial charge in [-0.1, -0.05) is 24.4 Å². The summed E-state index contributed by atoms with van der Waals surface area (Å²) in [5.41, 5.74) is 13.3. The van der Waals surface area contributed by atoms with E-state index >= 15 is 0 Å². The fourth-order valence-electron chi connectivity index (χ4n) is 4.82. The molecule has 220 valence electrons. The molecule has 4 aromatic rings. The van der Waals surface area contributed by atoms with E-state index in [0.717, 1.165) is 0 Å². The molecule has 17 nitrogen and oxygen atoms in total. The maximum absolute atomic E-state index is 10.6. The van der Waals surface area contributed by atoms with Crippen molar-refractivity contribution in [2.24, 2.45) is 0 Å². The standard InChI is InChI=1S/C20H25N10O7PS3/c21-19-25-14-12(16(39)27-19)23-5-29(14)11-2-8(31)10(37-11)4-35-38(33,41)34-3-7-1-9(32)18(36-7)30-6-24-13-15(30)26-20(22)28-17(13)40/h5-11,18,31-32H,1-4H2,(H,33,41)(H3,21,25,27,39)(H3,22,26,28,40)/t7-,8+,9-,10+,11+,18+,38?/m0/s1. The Bertz CT molecular complexity index is 1780. The van der Waals surface area contributed by atoms with Gasteiger partial charge in [0, 0.05) is 12.8 Å². The van der Waals surface area contributed by atoms with Crippen LogP contribution in [0.2, 0.25) is 0 Å². The van der Waals surface area contributed by atoms with Crippen molar-refractivity contribution in [3.8, 4) is 0 Å². The summed E-state index contributed by atoms with van der Waals surface area (Å²) in [4.78, 5) is 32.8. The molecule has 6 heterocycles. The van der Waals surface area contributed by atoms with Gasteiger partial charge in [0.05, 0.1) is 38.1 Å². The lowest BCUT2D eigenvalue weighted by Gasteiger charge is -2.22. The van der Waals surface area contributed by atoms with Crippen LogP contribution in [0.4, 0.5) is 11.9 Å². The number of H-pyrrole nitrogens is 2. The number of nitrogens with two attached hydrogens (primary N) is 2. The predicted octanol–water partition coefficient (Wildman–Crippen LogP) is 0.703. The molecule has 41 heavy (non-hydrogen) atoms. The van der Waals surface area contributed by atoms with E-state index in [-0.39, 0.29) is 47.2 Å². The molecule has 0 spiro atoms. The van der Waals surface area contributed by atoms with Gasteiger partial charge in [0.15, 0.2) is 27.4 Å². The number of aliphatic hydroxyl groups is 2. The van der Waals surface area contributed by atoms with E-state index in [9.17, 15) is 15.1 Å². The molecule has 0 aliphatic carbocycles. The molecule has 6 rings (SSSR count). The molecule has 0 amide bonds. The molecule has 2 saturated heterocycles. The Morgan fingerprint density at radius 2 is 1.51 bits per heavy atom. The quantitative estimate of drug-likeness (QED) is 0.103. The van der Waals surface area contributed by atoms with Gasteiger partial charge in [0.1, 0.15) is 40.8 Å². The van der Waals surface area contributed by atoms with E-state index in [1.54, 1.807) is 9.13 Å². The van der Waals surface area contributed by atoms with Gasteiger partial charge in [0.2, 0.25) is 0 Å². The highest BCUT2D eigenvalue weighted by molar-refractivity contribution is 8.07. The Morgan fingerprint density at radius 1 is 0.927 bits per heavy atom. The van der Waals surface area contributed by atoms with Gasteiger partial charge in [-0.25, -0.2) is 19.9 Å². The summed E-state index contributed by atoms with van der Waals surface area (Å²) in [6, 6.07) is 0. The zero-order chi connectivity index (χ0) is 29.1. The lowest BCUT2D eigenvalue weighted by Crippen LogP contribution is -2.26. The van der Waals surface area contributed by atoms with Gasteiger partial charge in [-0.05, 0) is 11.8 Å². The molecule has 21 heteroatoms. The van der Waals surface area contributed by atoms with Crippen molar-refractivity contribution in [3.63, 3.8) is 0 Å². The van der Waals surface area contributed by atoms with Crippen molar-refractivity contribution in [1.29, 1.82) is 0 Å². The fourth-order valence-corrected chi connectivity index (χ4v) is 6.45. The van der Waals surface area contributed by atoms with Crippen LogP contribution in [0.3, 0.4) is 0 Å². The summed E-state index contributed by atoms with van der Waals surface area (Å²) in [5, 5.41) is 21.2. The van der Waals surface area contributed by atoms with Crippen LogP contribution in [0.5, 0.6) is 0 Å². The third kappa shape index (κ3) is 5.65. The third-order valence-corrected chi connectivity index (χ3v) is 8.86. The van der Waals surface area contributed by atoms with Crippen molar-refractivity contribution < 1.29 is 33.6 Å². The smallest absolute Gasteiger partial charge is 0.324 e. The number of nitrogen functional groups attached to an aromatic ring is 2. The number of hydrogen-bond acceptors (Lipinski definition) is 15. The first kappa shape index (κ1) is 28.6. The summed E-state index contributed by atoms with van der Waals surface area (Å²) in [7, 11) is 0. The maximum Gasteiger partial charge on any atom is 0.324 e. The molecule has 0 bridgehead atoms. The predicted molar refractivity (Wildman–Crippen MR) is 152 cm³/mol. The number of ether oxygens (including phenoxy) is 2. The number of hydrogen-bond donors (Lipinski definition) is 7. The number of aromatic nitrogens is 8. The van der Waals surface area contributed by atoms with Crippen LogP contribution in [0.1, 0.15) is 25.3 Å². The number of anilines is 2. The van der Waals surface area contributed by atoms with Crippen LogP contribution in [-0.2, 0) is 30.3 Å². The highest BCUT2D eigenvalue weighted by Gasteiger charge is 2.39. The number of nitrogens with one attached hydrogen (secondary N) is 2. The minimum absolute atomic E-state index is 0.0988. The van der Waals surface area contributed by atoms with Crippen LogP contribution in [0, 0.1) is 9.28 Å².